The summed E-state index contributed by atoms with van der Waals surface area (Å²) in [5.74, 6) is -0.0291. The number of hydrogen-bond donors (Lipinski definition) is 2. The zero-order chi connectivity index (χ0) is 18.4. The average Bonchev–Trinajstić information content (AvgIpc) is 2.67. The first kappa shape index (κ1) is 17.9. The first-order chi connectivity index (χ1) is 12.7. The van der Waals surface area contributed by atoms with Gasteiger partial charge in [-0.1, -0.05) is 67.2 Å². The Balaban J connectivity index is 1.64. The summed E-state index contributed by atoms with van der Waals surface area (Å²) in [4.78, 5) is 27.0. The second-order valence-electron chi connectivity index (χ2n) is 5.52. The standard InChI is InChI=1S/C19H18N4O2S/c1-2-13-8-6-7-11-15(13)20-16(24)12-26-19-21-18(25)17(22-23-19)14-9-4-3-5-10-14/h3-11H,2,12H2,1H3,(H,20,24)(H,21,23,25). The van der Waals surface area contributed by atoms with Gasteiger partial charge < -0.3 is 5.32 Å². The van der Waals surface area contributed by atoms with Gasteiger partial charge in [-0.25, -0.2) is 0 Å². The van der Waals surface area contributed by atoms with Crippen molar-refractivity contribution >= 4 is 23.4 Å². The van der Waals surface area contributed by atoms with Crippen LogP contribution in [-0.2, 0) is 11.2 Å². The third kappa shape index (κ3) is 4.37. The highest BCUT2D eigenvalue weighted by Gasteiger charge is 2.10. The van der Waals surface area contributed by atoms with Crippen LogP contribution in [0, 0.1) is 0 Å². The van der Waals surface area contributed by atoms with Crippen LogP contribution in [0.25, 0.3) is 11.3 Å². The molecule has 0 aliphatic rings. The first-order valence-electron chi connectivity index (χ1n) is 8.20. The maximum Gasteiger partial charge on any atom is 0.278 e. The molecule has 1 aromatic heterocycles. The fraction of sp³-hybridized carbons (Fsp3) is 0.158. The van der Waals surface area contributed by atoms with Gasteiger partial charge in [-0.3, -0.25) is 14.6 Å². The monoisotopic (exact) mass is 366 g/mol. The molecule has 6 nitrogen and oxygen atoms in total. The molecule has 1 heterocycles. The van der Waals surface area contributed by atoms with E-state index < -0.39 is 0 Å². The van der Waals surface area contributed by atoms with E-state index in [1.807, 2.05) is 49.4 Å². The average molecular weight is 366 g/mol. The van der Waals surface area contributed by atoms with Crippen molar-refractivity contribution in [2.45, 2.75) is 18.5 Å². The van der Waals surface area contributed by atoms with E-state index in [2.05, 4.69) is 20.5 Å². The number of aromatic nitrogens is 3. The summed E-state index contributed by atoms with van der Waals surface area (Å²) in [6, 6.07) is 16.8. The normalized spacial score (nSPS) is 10.5. The first-order valence-corrected chi connectivity index (χ1v) is 9.19. The van der Waals surface area contributed by atoms with Crippen LogP contribution in [0.5, 0.6) is 0 Å². The molecular formula is C19H18N4O2S. The Bertz CT molecular complexity index is 957. The van der Waals surface area contributed by atoms with Gasteiger partial charge in [0.1, 0.15) is 0 Å². The summed E-state index contributed by atoms with van der Waals surface area (Å²) < 4.78 is 0. The Labute approximate surface area is 155 Å². The van der Waals surface area contributed by atoms with Gasteiger partial charge in [0.05, 0.1) is 5.75 Å². The highest BCUT2D eigenvalue weighted by Crippen LogP contribution is 2.17. The predicted molar refractivity (Wildman–Crippen MR) is 103 cm³/mol. The van der Waals surface area contributed by atoms with Crippen molar-refractivity contribution in [3.8, 4) is 11.3 Å². The second kappa shape index (κ2) is 8.44. The topological polar surface area (TPSA) is 87.7 Å². The number of carbonyl (C=O) groups excluding carboxylic acids is 1. The summed E-state index contributed by atoms with van der Waals surface area (Å²) in [7, 11) is 0. The number of anilines is 1. The van der Waals surface area contributed by atoms with E-state index in [4.69, 9.17) is 0 Å². The van der Waals surface area contributed by atoms with Crippen molar-refractivity contribution in [2.24, 2.45) is 0 Å². The molecule has 0 radical (unpaired) electrons. The van der Waals surface area contributed by atoms with Crippen molar-refractivity contribution in [2.75, 3.05) is 11.1 Å². The molecule has 1 amide bonds. The third-order valence-electron chi connectivity index (χ3n) is 3.74. The Hall–Kier alpha value is -2.93. The molecule has 132 valence electrons. The van der Waals surface area contributed by atoms with Crippen molar-refractivity contribution < 1.29 is 4.79 Å². The highest BCUT2D eigenvalue weighted by atomic mass is 32.2. The number of hydrogen-bond acceptors (Lipinski definition) is 5. The van der Waals surface area contributed by atoms with Crippen LogP contribution < -0.4 is 10.9 Å². The minimum atomic E-state index is -0.328. The molecular weight excluding hydrogens is 348 g/mol. The van der Waals surface area contributed by atoms with Crippen LogP contribution in [0.3, 0.4) is 0 Å². The summed E-state index contributed by atoms with van der Waals surface area (Å²) in [6.45, 7) is 2.04. The van der Waals surface area contributed by atoms with E-state index in [9.17, 15) is 9.59 Å². The maximum atomic E-state index is 12.2. The van der Waals surface area contributed by atoms with Crippen molar-refractivity contribution in [3.05, 3.63) is 70.5 Å². The van der Waals surface area contributed by atoms with Gasteiger partial charge in [0.15, 0.2) is 10.9 Å². The van der Waals surface area contributed by atoms with Gasteiger partial charge >= 0.3 is 0 Å². The SMILES string of the molecule is CCc1ccccc1NC(=O)CSc1nnc(-c2ccccc2)c(=O)[nH]1. The summed E-state index contributed by atoms with van der Waals surface area (Å²) in [5.41, 5.74) is 2.51. The molecule has 0 aliphatic carbocycles. The van der Waals surface area contributed by atoms with E-state index in [1.54, 1.807) is 12.1 Å². The summed E-state index contributed by atoms with van der Waals surface area (Å²) >= 11 is 1.14. The van der Waals surface area contributed by atoms with Crippen molar-refractivity contribution in [1.82, 2.24) is 15.2 Å². The Kier molecular flexibility index (Phi) is 5.80. The van der Waals surface area contributed by atoms with Gasteiger partial charge in [0.25, 0.3) is 5.56 Å². The molecule has 0 saturated carbocycles. The lowest BCUT2D eigenvalue weighted by molar-refractivity contribution is -0.113. The zero-order valence-corrected chi connectivity index (χ0v) is 15.0. The highest BCUT2D eigenvalue weighted by molar-refractivity contribution is 7.99. The Morgan fingerprint density at radius 1 is 1.08 bits per heavy atom. The van der Waals surface area contributed by atoms with Crippen LogP contribution in [0.2, 0.25) is 0 Å². The smallest absolute Gasteiger partial charge is 0.278 e. The fourth-order valence-corrected chi connectivity index (χ4v) is 3.05. The maximum absolute atomic E-state index is 12.2. The fourth-order valence-electron chi connectivity index (χ4n) is 2.44. The van der Waals surface area contributed by atoms with E-state index in [0.717, 1.165) is 29.4 Å². The molecule has 26 heavy (non-hydrogen) atoms. The minimum Gasteiger partial charge on any atom is -0.325 e. The number of H-pyrrole nitrogens is 1. The summed E-state index contributed by atoms with van der Waals surface area (Å²) in [5, 5.41) is 11.2. The summed E-state index contributed by atoms with van der Waals surface area (Å²) in [6.07, 6.45) is 0.837. The zero-order valence-electron chi connectivity index (χ0n) is 14.2. The molecule has 0 atom stereocenters. The Morgan fingerprint density at radius 3 is 2.54 bits per heavy atom. The van der Waals surface area contributed by atoms with Gasteiger partial charge in [-0.15, -0.1) is 10.2 Å². The van der Waals surface area contributed by atoms with E-state index in [-0.39, 0.29) is 22.9 Å². The number of rotatable bonds is 6. The number of benzene rings is 2. The molecule has 2 N–H and O–H groups in total. The Morgan fingerprint density at radius 2 is 1.81 bits per heavy atom. The number of thioether (sulfide) groups is 1. The number of aryl methyl sites for hydroxylation is 1. The van der Waals surface area contributed by atoms with Gasteiger partial charge in [-0.2, -0.15) is 0 Å². The van der Waals surface area contributed by atoms with Crippen LogP contribution in [0.4, 0.5) is 5.69 Å². The van der Waals surface area contributed by atoms with Crippen LogP contribution in [0.15, 0.2) is 64.5 Å². The molecule has 0 bridgehead atoms. The quantitative estimate of drug-likeness (QED) is 0.655. The molecule has 0 saturated heterocycles. The van der Waals surface area contributed by atoms with Crippen LogP contribution in [0.1, 0.15) is 12.5 Å². The molecule has 3 rings (SSSR count). The van der Waals surface area contributed by atoms with E-state index in [0.29, 0.717) is 10.7 Å². The number of carbonyl (C=O) groups is 1. The predicted octanol–water partition coefficient (Wildman–Crippen LogP) is 3.13. The lowest BCUT2D eigenvalue weighted by Gasteiger charge is -2.09. The second-order valence-corrected chi connectivity index (χ2v) is 6.49. The lowest BCUT2D eigenvalue weighted by atomic mass is 10.1. The minimum absolute atomic E-state index is 0.132. The van der Waals surface area contributed by atoms with Crippen LogP contribution >= 0.6 is 11.8 Å². The van der Waals surface area contributed by atoms with Gasteiger partial charge in [-0.05, 0) is 18.1 Å². The molecule has 0 spiro atoms. The number of nitrogens with zero attached hydrogens (tertiary/aromatic N) is 2. The molecule has 2 aromatic carbocycles. The molecule has 0 unspecified atom stereocenters. The molecule has 0 fully saturated rings. The lowest BCUT2D eigenvalue weighted by Crippen LogP contribution is -2.17. The number of nitrogens with one attached hydrogen (secondary N) is 2. The number of amides is 1. The van der Waals surface area contributed by atoms with E-state index in [1.165, 1.54) is 0 Å². The van der Waals surface area contributed by atoms with E-state index >= 15 is 0 Å². The van der Waals surface area contributed by atoms with Gasteiger partial charge in [0.2, 0.25) is 5.91 Å². The third-order valence-corrected chi connectivity index (χ3v) is 4.60. The van der Waals surface area contributed by atoms with Crippen LogP contribution in [-0.4, -0.2) is 26.8 Å². The van der Waals surface area contributed by atoms with Crippen molar-refractivity contribution in [3.63, 3.8) is 0 Å². The molecule has 7 heteroatoms. The van der Waals surface area contributed by atoms with Gasteiger partial charge in [0, 0.05) is 11.3 Å². The number of para-hydroxylation sites is 1. The molecule has 0 aliphatic heterocycles. The largest absolute Gasteiger partial charge is 0.325 e. The van der Waals surface area contributed by atoms with Crippen molar-refractivity contribution in [1.29, 1.82) is 0 Å². The molecule has 3 aromatic rings. The number of aromatic amines is 1.